The summed E-state index contributed by atoms with van der Waals surface area (Å²) >= 11 is 0. The van der Waals surface area contributed by atoms with E-state index in [2.05, 4.69) is 0 Å². The molecule has 0 fully saturated rings. The predicted octanol–water partition coefficient (Wildman–Crippen LogP) is 3.31. The lowest BCUT2D eigenvalue weighted by atomic mass is 10.2. The smallest absolute Gasteiger partial charge is 0.273 e. The molecule has 1 atom stereocenters. The lowest BCUT2D eigenvalue weighted by Gasteiger charge is -2.15. The van der Waals surface area contributed by atoms with Crippen LogP contribution in [-0.2, 0) is 10.7 Å². The predicted molar refractivity (Wildman–Crippen MR) is 83.8 cm³/mol. The Morgan fingerprint density at radius 2 is 1.55 bits per heavy atom. The summed E-state index contributed by atoms with van der Waals surface area (Å²) in [5.74, 6) is 0.429. The van der Waals surface area contributed by atoms with Crippen LogP contribution in [0.1, 0.15) is 15.9 Å². The molecule has 1 unspecified atom stereocenters. The van der Waals surface area contributed by atoms with Gasteiger partial charge in [-0.15, -0.1) is 0 Å². The van der Waals surface area contributed by atoms with Gasteiger partial charge in [0.1, 0.15) is 17.1 Å². The minimum Gasteiger partial charge on any atom is -0.496 e. The van der Waals surface area contributed by atoms with Gasteiger partial charge < -0.3 is 14.4 Å². The zero-order chi connectivity index (χ0) is 16.2. The fourth-order valence-corrected chi connectivity index (χ4v) is 3.56. The molecule has 2 rings (SSSR count). The van der Waals surface area contributed by atoms with E-state index in [1.807, 2.05) is 0 Å². The molecule has 0 aliphatic heterocycles. The van der Waals surface area contributed by atoms with Gasteiger partial charge >= 0.3 is 0 Å². The number of carbonyl (C=O) groups excluding carboxylic acids is 1. The minimum absolute atomic E-state index is 0.00531. The van der Waals surface area contributed by atoms with E-state index in [1.165, 1.54) is 14.2 Å². The molecule has 0 heterocycles. The van der Waals surface area contributed by atoms with E-state index >= 15 is 0 Å². The highest BCUT2D eigenvalue weighted by Gasteiger charge is 2.34. The van der Waals surface area contributed by atoms with Gasteiger partial charge in [-0.2, -0.15) is 0 Å². The van der Waals surface area contributed by atoms with Crippen molar-refractivity contribution < 1.29 is 23.7 Å². The van der Waals surface area contributed by atoms with Crippen LogP contribution in [0.25, 0.3) is 0 Å². The van der Waals surface area contributed by atoms with Crippen LogP contribution in [-0.4, -0.2) is 24.6 Å². The van der Waals surface area contributed by atoms with Crippen molar-refractivity contribution in [2.75, 3.05) is 14.2 Å². The lowest BCUT2D eigenvalue weighted by molar-refractivity contribution is 0.105. The number of hydrogen-bond acceptors (Lipinski definition) is 4. The van der Waals surface area contributed by atoms with Crippen molar-refractivity contribution in [3.63, 3.8) is 0 Å². The van der Waals surface area contributed by atoms with Crippen LogP contribution < -0.4 is 9.47 Å². The molecule has 0 spiro atoms. The van der Waals surface area contributed by atoms with E-state index in [1.54, 1.807) is 48.5 Å². The first-order chi connectivity index (χ1) is 10.5. The molecule has 1 N–H and O–H groups in total. The summed E-state index contributed by atoms with van der Waals surface area (Å²) in [5.41, 5.74) is -0.254. The monoisotopic (exact) mass is 320 g/mol. The average molecular weight is 320 g/mol. The van der Waals surface area contributed by atoms with Gasteiger partial charge in [-0.25, -0.2) is 0 Å². The second kappa shape index (κ2) is 6.77. The molecular weight excluding hydrogens is 303 g/mol. The van der Waals surface area contributed by atoms with Gasteiger partial charge in [0.2, 0.25) is 0 Å². The molecule has 0 amide bonds. The van der Waals surface area contributed by atoms with Crippen LogP contribution in [0.5, 0.6) is 11.5 Å². The summed E-state index contributed by atoms with van der Waals surface area (Å²) in [7, 11) is -1.32. The quantitative estimate of drug-likeness (QED) is 0.827. The number of methoxy groups -OCH3 is 2. The Morgan fingerprint density at radius 3 is 2.05 bits per heavy atom. The van der Waals surface area contributed by atoms with Crippen molar-refractivity contribution in [3.8, 4) is 11.5 Å². The Bertz CT molecular complexity index is 689. The zero-order valence-corrected chi connectivity index (χ0v) is 13.2. The number of carbonyl (C=O) groups is 1. The first-order valence-electron chi connectivity index (χ1n) is 6.61. The zero-order valence-electron chi connectivity index (χ0n) is 12.4. The van der Waals surface area contributed by atoms with Gasteiger partial charge in [0, 0.05) is 0 Å². The lowest BCUT2D eigenvalue weighted by Crippen LogP contribution is -2.07. The molecule has 5 nitrogen and oxygen atoms in total. The Balaban J connectivity index is 2.40. The van der Waals surface area contributed by atoms with Gasteiger partial charge in [-0.05, 0) is 17.7 Å². The summed E-state index contributed by atoms with van der Waals surface area (Å²) in [4.78, 5) is 22.8. The molecule has 6 heteroatoms. The highest BCUT2D eigenvalue weighted by molar-refractivity contribution is 7.75. The molecule has 0 saturated heterocycles. The highest BCUT2D eigenvalue weighted by atomic mass is 31.2. The molecule has 0 aliphatic carbocycles. The summed E-state index contributed by atoms with van der Waals surface area (Å²) in [6.07, 6.45) is -0.228. The number of hydrogen-bond donors (Lipinski definition) is 1. The number of rotatable bonds is 6. The van der Waals surface area contributed by atoms with Gasteiger partial charge in [0.15, 0.2) is 0 Å². The van der Waals surface area contributed by atoms with Crippen LogP contribution >= 0.6 is 7.37 Å². The van der Waals surface area contributed by atoms with Crippen LogP contribution in [0, 0.1) is 0 Å². The van der Waals surface area contributed by atoms with Crippen LogP contribution in [0.2, 0.25) is 0 Å². The molecule has 0 bridgehead atoms. The van der Waals surface area contributed by atoms with Gasteiger partial charge in [-0.1, -0.05) is 36.4 Å². The van der Waals surface area contributed by atoms with E-state index in [9.17, 15) is 14.3 Å². The second-order valence-corrected chi connectivity index (χ2v) is 6.81. The molecule has 0 aromatic heterocycles. The highest BCUT2D eigenvalue weighted by Crippen LogP contribution is 2.50. The molecule has 22 heavy (non-hydrogen) atoms. The average Bonchev–Trinajstić information content (AvgIpc) is 2.53. The van der Waals surface area contributed by atoms with Gasteiger partial charge in [0.25, 0.3) is 12.9 Å². The van der Waals surface area contributed by atoms with Crippen molar-refractivity contribution in [1.29, 1.82) is 0 Å². The largest absolute Gasteiger partial charge is 0.496 e. The maximum atomic E-state index is 12.6. The maximum absolute atomic E-state index is 12.6. The molecule has 0 aliphatic rings. The number of benzene rings is 2. The fourth-order valence-electron chi connectivity index (χ4n) is 2.14. The van der Waals surface area contributed by atoms with Crippen molar-refractivity contribution in [3.05, 3.63) is 59.7 Å². The molecular formula is C16H17O5P. The van der Waals surface area contributed by atoms with Crippen molar-refractivity contribution in [2.45, 2.75) is 6.16 Å². The Morgan fingerprint density at radius 1 is 1.00 bits per heavy atom. The summed E-state index contributed by atoms with van der Waals surface area (Å²) in [6, 6.07) is 13.5. The molecule has 116 valence electrons. The summed E-state index contributed by atoms with van der Waals surface area (Å²) < 4.78 is 22.8. The molecule has 0 radical (unpaired) electrons. The SMILES string of the molecule is COc1cccc(OC)c1C(=O)P(=O)(O)Cc1ccccc1. The van der Waals surface area contributed by atoms with Crippen LogP contribution in [0.4, 0.5) is 0 Å². The van der Waals surface area contributed by atoms with Crippen molar-refractivity contribution in [2.24, 2.45) is 0 Å². The van der Waals surface area contributed by atoms with E-state index in [0.29, 0.717) is 5.56 Å². The second-order valence-electron chi connectivity index (χ2n) is 4.69. The van der Waals surface area contributed by atoms with Crippen LogP contribution in [0.15, 0.2) is 48.5 Å². The van der Waals surface area contributed by atoms with Crippen molar-refractivity contribution in [1.82, 2.24) is 0 Å². The van der Waals surface area contributed by atoms with E-state index in [-0.39, 0.29) is 23.2 Å². The van der Waals surface area contributed by atoms with E-state index in [4.69, 9.17) is 9.47 Å². The topological polar surface area (TPSA) is 72.8 Å². The Labute approximate surface area is 129 Å². The van der Waals surface area contributed by atoms with Crippen LogP contribution in [0.3, 0.4) is 0 Å². The van der Waals surface area contributed by atoms with E-state index in [0.717, 1.165) is 0 Å². The third-order valence-electron chi connectivity index (χ3n) is 3.20. The molecule has 2 aromatic carbocycles. The van der Waals surface area contributed by atoms with Crippen molar-refractivity contribution >= 4 is 12.9 Å². The maximum Gasteiger partial charge on any atom is 0.273 e. The third-order valence-corrected chi connectivity index (χ3v) is 4.85. The van der Waals surface area contributed by atoms with Gasteiger partial charge in [0.05, 0.1) is 20.4 Å². The Hall–Kier alpha value is -2.10. The normalized spacial score (nSPS) is 13.2. The third kappa shape index (κ3) is 3.38. The number of ether oxygens (including phenoxy) is 2. The fraction of sp³-hybridized carbons (Fsp3) is 0.188. The minimum atomic E-state index is -4.11. The Kier molecular flexibility index (Phi) is 5.01. The first-order valence-corrected chi connectivity index (χ1v) is 8.45. The summed E-state index contributed by atoms with van der Waals surface area (Å²) in [5, 5.41) is 0. The molecule has 0 saturated carbocycles. The van der Waals surface area contributed by atoms with Gasteiger partial charge in [-0.3, -0.25) is 9.36 Å². The standard InChI is InChI=1S/C16H17O5P/c1-20-13-9-6-10-14(21-2)15(13)16(17)22(18,19)11-12-7-4-3-5-8-12/h3-10H,11H2,1-2H3,(H,18,19). The molecule has 2 aromatic rings. The summed E-state index contributed by atoms with van der Waals surface area (Å²) in [6.45, 7) is 0. The van der Waals surface area contributed by atoms with E-state index < -0.39 is 12.9 Å². The first kappa shape index (κ1) is 16.3.